The van der Waals surface area contributed by atoms with Gasteiger partial charge in [-0.2, -0.15) is 0 Å². The van der Waals surface area contributed by atoms with Gasteiger partial charge >= 0.3 is 5.97 Å². The maximum Gasteiger partial charge on any atom is 0.309 e. The first kappa shape index (κ1) is 15.5. The first-order valence-corrected chi connectivity index (χ1v) is 6.62. The van der Waals surface area contributed by atoms with Gasteiger partial charge in [0.2, 0.25) is 0 Å². The minimum absolute atomic E-state index is 0.0548. The summed E-state index contributed by atoms with van der Waals surface area (Å²) in [6.45, 7) is 3.51. The maximum absolute atomic E-state index is 11.4. The molecule has 4 nitrogen and oxygen atoms in total. The van der Waals surface area contributed by atoms with Crippen molar-refractivity contribution in [1.29, 1.82) is 0 Å². The van der Waals surface area contributed by atoms with E-state index in [0.29, 0.717) is 6.54 Å². The summed E-state index contributed by atoms with van der Waals surface area (Å²) in [5.41, 5.74) is 1.25. The molecule has 0 aliphatic carbocycles. The molecule has 1 aromatic rings. The molecule has 0 aromatic heterocycles. The van der Waals surface area contributed by atoms with Gasteiger partial charge in [0.25, 0.3) is 0 Å². The van der Waals surface area contributed by atoms with E-state index in [0.717, 1.165) is 25.1 Å². The molecule has 1 atom stereocenters. The van der Waals surface area contributed by atoms with Gasteiger partial charge in [-0.1, -0.05) is 19.1 Å². The van der Waals surface area contributed by atoms with Gasteiger partial charge in [-0.05, 0) is 37.1 Å². The number of ether oxygens (including phenoxy) is 2. The normalized spacial score (nSPS) is 11.9. The van der Waals surface area contributed by atoms with Crippen molar-refractivity contribution in [3.63, 3.8) is 0 Å². The van der Waals surface area contributed by atoms with E-state index in [2.05, 4.69) is 17.4 Å². The van der Waals surface area contributed by atoms with Crippen molar-refractivity contribution >= 4 is 5.97 Å². The SMILES string of the molecule is CCC(CNCCc1ccc(OC)cc1)C(=O)OC. The molecule has 0 bridgehead atoms. The summed E-state index contributed by atoms with van der Waals surface area (Å²) in [5, 5.41) is 3.30. The van der Waals surface area contributed by atoms with Crippen molar-refractivity contribution in [1.82, 2.24) is 5.32 Å². The molecule has 106 valence electrons. The number of nitrogens with one attached hydrogen (secondary N) is 1. The summed E-state index contributed by atoms with van der Waals surface area (Å²) < 4.78 is 9.86. The lowest BCUT2D eigenvalue weighted by atomic mass is 10.1. The van der Waals surface area contributed by atoms with Gasteiger partial charge in [-0.3, -0.25) is 4.79 Å². The molecule has 19 heavy (non-hydrogen) atoms. The number of methoxy groups -OCH3 is 2. The Labute approximate surface area is 115 Å². The van der Waals surface area contributed by atoms with E-state index in [1.165, 1.54) is 12.7 Å². The largest absolute Gasteiger partial charge is 0.497 e. The average molecular weight is 265 g/mol. The number of hydrogen-bond acceptors (Lipinski definition) is 4. The van der Waals surface area contributed by atoms with Gasteiger partial charge in [0.15, 0.2) is 0 Å². The van der Waals surface area contributed by atoms with Crippen LogP contribution in [0.5, 0.6) is 5.75 Å². The summed E-state index contributed by atoms with van der Waals surface area (Å²) in [4.78, 5) is 11.4. The predicted octanol–water partition coefficient (Wildman–Crippen LogP) is 2.03. The Morgan fingerprint density at radius 3 is 2.47 bits per heavy atom. The van der Waals surface area contributed by atoms with Crippen LogP contribution in [0.2, 0.25) is 0 Å². The van der Waals surface area contributed by atoms with Crippen molar-refractivity contribution in [3.8, 4) is 5.75 Å². The number of carbonyl (C=O) groups excluding carboxylic acids is 1. The second-order valence-electron chi connectivity index (χ2n) is 4.43. The zero-order valence-electron chi connectivity index (χ0n) is 11.9. The molecule has 1 unspecified atom stereocenters. The zero-order chi connectivity index (χ0) is 14.1. The van der Waals surface area contributed by atoms with Crippen molar-refractivity contribution in [2.24, 2.45) is 5.92 Å². The molecule has 4 heteroatoms. The van der Waals surface area contributed by atoms with Crippen molar-refractivity contribution in [3.05, 3.63) is 29.8 Å². The third-order valence-electron chi connectivity index (χ3n) is 3.17. The Balaban J connectivity index is 2.27. The summed E-state index contributed by atoms with van der Waals surface area (Å²) in [6.07, 6.45) is 1.73. The summed E-state index contributed by atoms with van der Waals surface area (Å²) in [5.74, 6) is 0.675. The molecule has 0 amide bonds. The molecule has 0 saturated heterocycles. The summed E-state index contributed by atoms with van der Waals surface area (Å²) in [6, 6.07) is 8.02. The standard InChI is InChI=1S/C15H23NO3/c1-4-13(15(17)19-3)11-16-10-9-12-5-7-14(18-2)8-6-12/h5-8,13,16H,4,9-11H2,1-3H3. The van der Waals surface area contributed by atoms with Crippen LogP contribution < -0.4 is 10.1 Å². The van der Waals surface area contributed by atoms with Crippen LogP contribution in [0.3, 0.4) is 0 Å². The Morgan fingerprint density at radius 2 is 1.95 bits per heavy atom. The molecule has 0 fully saturated rings. The molecule has 1 N–H and O–H groups in total. The van der Waals surface area contributed by atoms with Crippen LogP contribution in [0.4, 0.5) is 0 Å². The lowest BCUT2D eigenvalue weighted by Gasteiger charge is -2.13. The Kier molecular flexibility index (Phi) is 6.97. The van der Waals surface area contributed by atoms with Gasteiger partial charge in [-0.25, -0.2) is 0 Å². The van der Waals surface area contributed by atoms with Gasteiger partial charge in [-0.15, -0.1) is 0 Å². The number of benzene rings is 1. The number of carbonyl (C=O) groups is 1. The number of hydrogen-bond donors (Lipinski definition) is 1. The highest BCUT2D eigenvalue weighted by Crippen LogP contribution is 2.11. The van der Waals surface area contributed by atoms with Crippen LogP contribution in [-0.4, -0.2) is 33.3 Å². The minimum Gasteiger partial charge on any atom is -0.497 e. The van der Waals surface area contributed by atoms with Gasteiger partial charge < -0.3 is 14.8 Å². The average Bonchev–Trinajstić information content (AvgIpc) is 2.47. The second-order valence-corrected chi connectivity index (χ2v) is 4.43. The van der Waals surface area contributed by atoms with Crippen molar-refractivity contribution in [2.75, 3.05) is 27.3 Å². The van der Waals surface area contributed by atoms with Crippen molar-refractivity contribution in [2.45, 2.75) is 19.8 Å². The zero-order valence-corrected chi connectivity index (χ0v) is 11.9. The Morgan fingerprint density at radius 1 is 1.26 bits per heavy atom. The van der Waals surface area contributed by atoms with Crippen LogP contribution in [0, 0.1) is 5.92 Å². The van der Waals surface area contributed by atoms with Gasteiger partial charge in [0.05, 0.1) is 20.1 Å². The van der Waals surface area contributed by atoms with Crippen molar-refractivity contribution < 1.29 is 14.3 Å². The third kappa shape index (κ3) is 5.30. The van der Waals surface area contributed by atoms with Crippen LogP contribution >= 0.6 is 0 Å². The molecular weight excluding hydrogens is 242 g/mol. The predicted molar refractivity (Wildman–Crippen MR) is 75.4 cm³/mol. The number of esters is 1. The van der Waals surface area contributed by atoms with E-state index < -0.39 is 0 Å². The summed E-state index contributed by atoms with van der Waals surface area (Å²) >= 11 is 0. The van der Waals surface area contributed by atoms with Gasteiger partial charge in [0, 0.05) is 6.54 Å². The van der Waals surface area contributed by atoms with Gasteiger partial charge in [0.1, 0.15) is 5.75 Å². The molecule has 0 aliphatic heterocycles. The molecule has 1 aromatic carbocycles. The van der Waals surface area contributed by atoms with E-state index in [4.69, 9.17) is 9.47 Å². The smallest absolute Gasteiger partial charge is 0.309 e. The molecule has 0 heterocycles. The molecular formula is C15H23NO3. The minimum atomic E-state index is -0.139. The lowest BCUT2D eigenvalue weighted by Crippen LogP contribution is -2.30. The van der Waals surface area contributed by atoms with E-state index >= 15 is 0 Å². The summed E-state index contributed by atoms with van der Waals surface area (Å²) in [7, 11) is 3.09. The van der Waals surface area contributed by atoms with E-state index in [9.17, 15) is 4.79 Å². The fourth-order valence-corrected chi connectivity index (χ4v) is 1.86. The second kappa shape index (κ2) is 8.53. The fraction of sp³-hybridized carbons (Fsp3) is 0.533. The Bertz CT molecular complexity index is 375. The van der Waals surface area contributed by atoms with Crippen LogP contribution in [0.15, 0.2) is 24.3 Å². The highest BCUT2D eigenvalue weighted by Gasteiger charge is 2.15. The molecule has 0 aliphatic rings. The van der Waals surface area contributed by atoms with E-state index in [1.807, 2.05) is 19.1 Å². The van der Waals surface area contributed by atoms with Crippen LogP contribution in [0.1, 0.15) is 18.9 Å². The fourth-order valence-electron chi connectivity index (χ4n) is 1.86. The molecule has 0 saturated carbocycles. The Hall–Kier alpha value is -1.55. The van der Waals surface area contributed by atoms with Crippen LogP contribution in [0.25, 0.3) is 0 Å². The monoisotopic (exact) mass is 265 g/mol. The molecule has 0 radical (unpaired) electrons. The highest BCUT2D eigenvalue weighted by molar-refractivity contribution is 5.72. The van der Waals surface area contributed by atoms with E-state index in [-0.39, 0.29) is 11.9 Å². The van der Waals surface area contributed by atoms with E-state index in [1.54, 1.807) is 7.11 Å². The highest BCUT2D eigenvalue weighted by atomic mass is 16.5. The first-order valence-electron chi connectivity index (χ1n) is 6.62. The maximum atomic E-state index is 11.4. The first-order chi connectivity index (χ1) is 9.21. The number of rotatable bonds is 8. The molecule has 1 rings (SSSR count). The quantitative estimate of drug-likeness (QED) is 0.577. The molecule has 0 spiro atoms. The third-order valence-corrected chi connectivity index (χ3v) is 3.17. The van der Waals surface area contributed by atoms with Crippen LogP contribution in [-0.2, 0) is 16.0 Å². The lowest BCUT2D eigenvalue weighted by molar-refractivity contribution is -0.145. The topological polar surface area (TPSA) is 47.6 Å².